The minimum atomic E-state index is -4.37. The average molecular weight is 519 g/mol. The number of amides is 1. The molecule has 1 aromatic carbocycles. The fourth-order valence-corrected chi connectivity index (χ4v) is 4.46. The molecule has 0 bridgehead atoms. The van der Waals surface area contributed by atoms with Gasteiger partial charge in [-0.15, -0.1) is 0 Å². The highest BCUT2D eigenvalue weighted by Gasteiger charge is 2.30. The van der Waals surface area contributed by atoms with Gasteiger partial charge in [-0.2, -0.15) is 0 Å². The number of imidazole rings is 1. The zero-order valence-corrected chi connectivity index (χ0v) is 19.2. The number of hydrogen-bond donors (Lipinski definition) is 1. The van der Waals surface area contributed by atoms with Crippen LogP contribution in [0.4, 0.5) is 18.0 Å². The van der Waals surface area contributed by atoms with Crippen LogP contribution in [-0.4, -0.2) is 61.7 Å². The van der Waals surface area contributed by atoms with Crippen LogP contribution in [0.5, 0.6) is 0 Å². The summed E-state index contributed by atoms with van der Waals surface area (Å²) < 4.78 is 79.0. The van der Waals surface area contributed by atoms with E-state index in [-0.39, 0.29) is 48.2 Å². The Morgan fingerprint density at radius 1 is 1.26 bits per heavy atom. The van der Waals surface area contributed by atoms with Crippen molar-refractivity contribution < 1.29 is 35.9 Å². The Kier molecular flexibility index (Phi) is 6.46. The van der Waals surface area contributed by atoms with Crippen LogP contribution in [0.1, 0.15) is 5.69 Å². The smallest absolute Gasteiger partial charge is 0.409 e. The minimum absolute atomic E-state index is 0.0269. The van der Waals surface area contributed by atoms with E-state index in [0.717, 1.165) is 6.20 Å². The zero-order valence-electron chi connectivity index (χ0n) is 17.6. The summed E-state index contributed by atoms with van der Waals surface area (Å²) in [5.74, 6) is -3.27. The van der Waals surface area contributed by atoms with E-state index in [1.165, 1.54) is 22.5 Å². The highest BCUT2D eigenvalue weighted by atomic mass is 35.5. The molecule has 1 aliphatic rings. The van der Waals surface area contributed by atoms with Gasteiger partial charge in [0, 0.05) is 25.2 Å². The first-order valence-corrected chi connectivity index (χ1v) is 11.7. The number of primary sulfonamides is 1. The first kappa shape index (κ1) is 24.3. The molecular weight excluding hydrogens is 501 g/mol. The molecule has 34 heavy (non-hydrogen) atoms. The topological polar surface area (TPSA) is 116 Å². The Morgan fingerprint density at radius 3 is 2.56 bits per heavy atom. The largest absolute Gasteiger partial charge is 0.453 e. The number of hydrogen-bond acceptors (Lipinski definition) is 6. The van der Waals surface area contributed by atoms with Gasteiger partial charge in [0.15, 0.2) is 5.82 Å². The van der Waals surface area contributed by atoms with Crippen molar-refractivity contribution >= 4 is 33.4 Å². The third-order valence-corrected chi connectivity index (χ3v) is 6.52. The molecule has 182 valence electrons. The van der Waals surface area contributed by atoms with E-state index >= 15 is 0 Å². The molecule has 1 saturated heterocycles. The number of halogens is 4. The first-order valence-electron chi connectivity index (χ1n) is 9.82. The van der Waals surface area contributed by atoms with Gasteiger partial charge in [-0.25, -0.2) is 36.5 Å². The lowest BCUT2D eigenvalue weighted by molar-refractivity contribution is -0.0241. The molecule has 3 aromatic rings. The number of benzene rings is 1. The maximum atomic E-state index is 15.0. The predicted octanol–water partition coefficient (Wildman–Crippen LogP) is 2.73. The number of aromatic nitrogens is 2. The van der Waals surface area contributed by atoms with Crippen LogP contribution < -0.4 is 5.14 Å². The summed E-state index contributed by atoms with van der Waals surface area (Å²) in [7, 11) is -3.14. The van der Waals surface area contributed by atoms with Crippen LogP contribution >= 0.6 is 11.6 Å². The van der Waals surface area contributed by atoms with Gasteiger partial charge in [0.2, 0.25) is 10.0 Å². The molecule has 3 heterocycles. The lowest BCUT2D eigenvalue weighted by Crippen LogP contribution is -2.46. The number of methoxy groups -OCH3 is 1. The van der Waals surface area contributed by atoms with Crippen LogP contribution in [0.2, 0.25) is 5.02 Å². The van der Waals surface area contributed by atoms with E-state index in [1.54, 1.807) is 0 Å². The molecule has 2 N–H and O–H groups in total. The van der Waals surface area contributed by atoms with Crippen molar-refractivity contribution in [2.24, 2.45) is 5.14 Å². The molecule has 1 amide bonds. The minimum Gasteiger partial charge on any atom is -0.453 e. The lowest BCUT2D eigenvalue weighted by Gasteiger charge is -2.32. The Morgan fingerprint density at radius 2 is 1.94 bits per heavy atom. The van der Waals surface area contributed by atoms with Gasteiger partial charge in [0.05, 0.1) is 53.2 Å². The number of rotatable bonds is 4. The molecule has 0 saturated carbocycles. The predicted molar refractivity (Wildman–Crippen MR) is 114 cm³/mol. The summed E-state index contributed by atoms with van der Waals surface area (Å²) in [5, 5.41) is 4.73. The van der Waals surface area contributed by atoms with Crippen molar-refractivity contribution in [1.29, 1.82) is 0 Å². The first-order chi connectivity index (χ1) is 16.0. The van der Waals surface area contributed by atoms with Gasteiger partial charge in [-0.1, -0.05) is 11.6 Å². The maximum Gasteiger partial charge on any atom is 0.409 e. The van der Waals surface area contributed by atoms with E-state index < -0.39 is 50.1 Å². The van der Waals surface area contributed by atoms with E-state index in [2.05, 4.69) is 4.98 Å². The molecule has 2 aromatic heterocycles. The van der Waals surface area contributed by atoms with Gasteiger partial charge in [-0.3, -0.25) is 0 Å². The Labute approximate surface area is 196 Å². The molecule has 1 unspecified atom stereocenters. The molecule has 14 heteroatoms. The number of carbonyl (C=O) groups excluding carboxylic acids is 1. The molecule has 4 rings (SSSR count). The summed E-state index contributed by atoms with van der Waals surface area (Å²) >= 11 is 5.85. The van der Waals surface area contributed by atoms with Crippen molar-refractivity contribution in [3.05, 3.63) is 52.6 Å². The highest BCUT2D eigenvalue weighted by Crippen LogP contribution is 2.33. The number of ether oxygens (including phenoxy) is 2. The molecular formula is C20H18ClF3N4O5S. The van der Waals surface area contributed by atoms with Crippen molar-refractivity contribution in [3.8, 4) is 11.3 Å². The SMILES string of the molecule is COC(=O)N1CCOC(Cc2c(-c3c(F)cc(S(N)(=O)=O)cc3F)nc3cc(Cl)c(F)cn23)C1. The summed E-state index contributed by atoms with van der Waals surface area (Å²) in [6, 6.07) is 2.33. The molecule has 1 aliphatic heterocycles. The summed E-state index contributed by atoms with van der Waals surface area (Å²) in [6.45, 7) is 0.564. The Balaban J connectivity index is 1.85. The number of sulfonamides is 1. The van der Waals surface area contributed by atoms with E-state index in [0.29, 0.717) is 12.1 Å². The summed E-state index contributed by atoms with van der Waals surface area (Å²) in [5.41, 5.74) is -0.602. The third-order valence-electron chi connectivity index (χ3n) is 5.34. The van der Waals surface area contributed by atoms with Crippen LogP contribution in [0.15, 0.2) is 29.3 Å². The van der Waals surface area contributed by atoms with Crippen LogP contribution in [0.3, 0.4) is 0 Å². The quantitative estimate of drug-likeness (QED) is 0.568. The number of nitrogens with zero attached hydrogens (tertiary/aromatic N) is 3. The van der Waals surface area contributed by atoms with E-state index in [4.69, 9.17) is 26.2 Å². The second kappa shape index (κ2) is 9.06. The summed E-state index contributed by atoms with van der Waals surface area (Å²) in [4.78, 5) is 16.8. The van der Waals surface area contributed by atoms with Crippen molar-refractivity contribution in [2.75, 3.05) is 26.8 Å². The second-order valence-corrected chi connectivity index (χ2v) is 9.49. The van der Waals surface area contributed by atoms with Crippen molar-refractivity contribution in [1.82, 2.24) is 14.3 Å². The number of fused-ring (bicyclic) bond motifs is 1. The Bertz CT molecular complexity index is 1380. The molecule has 1 fully saturated rings. The van der Waals surface area contributed by atoms with Gasteiger partial charge in [0.1, 0.15) is 17.3 Å². The lowest BCUT2D eigenvalue weighted by atomic mass is 10.0. The van der Waals surface area contributed by atoms with Crippen molar-refractivity contribution in [3.63, 3.8) is 0 Å². The fourth-order valence-electron chi connectivity index (χ4n) is 3.78. The molecule has 0 aliphatic carbocycles. The number of pyridine rings is 1. The zero-order chi connectivity index (χ0) is 24.8. The second-order valence-electron chi connectivity index (χ2n) is 7.52. The van der Waals surface area contributed by atoms with Gasteiger partial charge in [-0.05, 0) is 12.1 Å². The van der Waals surface area contributed by atoms with Crippen molar-refractivity contribution in [2.45, 2.75) is 17.4 Å². The van der Waals surface area contributed by atoms with E-state index in [1.807, 2.05) is 0 Å². The Hall–Kier alpha value is -2.87. The van der Waals surface area contributed by atoms with Crippen LogP contribution in [0.25, 0.3) is 16.9 Å². The number of carbonyl (C=O) groups is 1. The average Bonchev–Trinajstić information content (AvgIpc) is 3.09. The highest BCUT2D eigenvalue weighted by molar-refractivity contribution is 7.89. The molecule has 0 spiro atoms. The third kappa shape index (κ3) is 4.56. The number of morpholine rings is 1. The van der Waals surface area contributed by atoms with Crippen LogP contribution in [0, 0.1) is 17.5 Å². The van der Waals surface area contributed by atoms with Gasteiger partial charge >= 0.3 is 6.09 Å². The fraction of sp³-hybridized carbons (Fsp3) is 0.300. The normalized spacial score (nSPS) is 16.8. The maximum absolute atomic E-state index is 15.0. The van der Waals surface area contributed by atoms with Gasteiger partial charge in [0.25, 0.3) is 0 Å². The molecule has 1 atom stereocenters. The number of nitrogens with two attached hydrogens (primary N) is 1. The monoisotopic (exact) mass is 518 g/mol. The molecule has 0 radical (unpaired) electrons. The van der Waals surface area contributed by atoms with Crippen LogP contribution in [-0.2, 0) is 25.9 Å². The molecule has 9 nitrogen and oxygen atoms in total. The standard InChI is InChI=1S/C20H18ClF3N4O5S/c1-32-20(29)27-2-3-33-10(8-27)4-16-19(26-17-7-12(21)15(24)9-28(16)17)18-13(22)5-11(6-14(18)23)34(25,30)31/h5-7,9-10H,2-4,8H2,1H3,(H2,25,30,31). The van der Waals surface area contributed by atoms with Gasteiger partial charge < -0.3 is 18.8 Å². The van der Waals surface area contributed by atoms with E-state index in [9.17, 15) is 26.4 Å². The summed E-state index contributed by atoms with van der Waals surface area (Å²) in [6.07, 6.45) is -0.222.